The van der Waals surface area contributed by atoms with E-state index in [1.54, 1.807) is 11.9 Å². The highest BCUT2D eigenvalue weighted by Crippen LogP contribution is 2.41. The van der Waals surface area contributed by atoms with Crippen molar-refractivity contribution in [2.24, 2.45) is 5.41 Å². The fourth-order valence-corrected chi connectivity index (χ4v) is 3.92. The van der Waals surface area contributed by atoms with Crippen LogP contribution in [0.3, 0.4) is 0 Å². The van der Waals surface area contributed by atoms with Gasteiger partial charge in [0.25, 0.3) is 0 Å². The highest BCUT2D eigenvalue weighted by Gasteiger charge is 2.45. The van der Waals surface area contributed by atoms with Crippen molar-refractivity contribution in [3.63, 3.8) is 0 Å². The lowest BCUT2D eigenvalue weighted by atomic mass is 9.77. The Kier molecular flexibility index (Phi) is 6.81. The molecular formula is C19H26ClF2N3O2. The minimum absolute atomic E-state index is 0. The van der Waals surface area contributed by atoms with Gasteiger partial charge in [0.15, 0.2) is 11.6 Å². The van der Waals surface area contributed by atoms with Gasteiger partial charge in [-0.2, -0.15) is 0 Å². The summed E-state index contributed by atoms with van der Waals surface area (Å²) in [5.74, 6) is -1.65. The molecule has 1 aromatic rings. The number of benzene rings is 1. The van der Waals surface area contributed by atoms with E-state index in [1.807, 2.05) is 11.8 Å². The summed E-state index contributed by atoms with van der Waals surface area (Å²) in [6, 6.07) is 3.54. The number of piperidine rings is 1. The summed E-state index contributed by atoms with van der Waals surface area (Å²) in [6.07, 6.45) is 2.03. The van der Waals surface area contributed by atoms with Crippen LogP contribution in [0.1, 0.15) is 31.7 Å². The Morgan fingerprint density at radius 3 is 2.52 bits per heavy atom. The Balaban J connectivity index is 0.00000261. The van der Waals surface area contributed by atoms with Crippen molar-refractivity contribution in [2.45, 2.75) is 38.8 Å². The molecule has 27 heavy (non-hydrogen) atoms. The number of amides is 2. The number of likely N-dealkylation sites (N-methyl/N-ethyl adjacent to an activating group) is 1. The summed E-state index contributed by atoms with van der Waals surface area (Å²) >= 11 is 0. The summed E-state index contributed by atoms with van der Waals surface area (Å²) in [7, 11) is 1.76. The van der Waals surface area contributed by atoms with Crippen LogP contribution in [0.5, 0.6) is 0 Å². The molecular weight excluding hydrogens is 376 g/mol. The Morgan fingerprint density at radius 2 is 1.93 bits per heavy atom. The van der Waals surface area contributed by atoms with Gasteiger partial charge in [0.1, 0.15) is 0 Å². The van der Waals surface area contributed by atoms with Gasteiger partial charge in [0, 0.05) is 38.0 Å². The molecule has 0 aromatic heterocycles. The zero-order valence-electron chi connectivity index (χ0n) is 15.6. The van der Waals surface area contributed by atoms with E-state index in [2.05, 4.69) is 5.32 Å². The Hall–Kier alpha value is -1.73. The van der Waals surface area contributed by atoms with Gasteiger partial charge in [0.05, 0.1) is 6.04 Å². The predicted molar refractivity (Wildman–Crippen MR) is 100 cm³/mol. The zero-order chi connectivity index (χ0) is 18.9. The van der Waals surface area contributed by atoms with Crippen molar-refractivity contribution < 1.29 is 18.4 Å². The van der Waals surface area contributed by atoms with Gasteiger partial charge in [-0.25, -0.2) is 8.78 Å². The van der Waals surface area contributed by atoms with Crippen molar-refractivity contribution in [3.8, 4) is 0 Å². The molecule has 2 saturated heterocycles. The van der Waals surface area contributed by atoms with Crippen molar-refractivity contribution >= 4 is 24.2 Å². The molecule has 2 amide bonds. The largest absolute Gasteiger partial charge is 0.341 e. The summed E-state index contributed by atoms with van der Waals surface area (Å²) in [4.78, 5) is 28.3. The molecule has 1 spiro atoms. The van der Waals surface area contributed by atoms with E-state index in [0.717, 1.165) is 25.0 Å². The molecule has 0 aliphatic carbocycles. The number of hydrogen-bond donors (Lipinski definition) is 1. The van der Waals surface area contributed by atoms with E-state index in [4.69, 9.17) is 0 Å². The number of nitrogens with one attached hydrogen (secondary N) is 1. The molecule has 2 heterocycles. The molecule has 0 bridgehead atoms. The van der Waals surface area contributed by atoms with E-state index >= 15 is 0 Å². The number of likely N-dealkylation sites (tertiary alicyclic amines) is 2. The monoisotopic (exact) mass is 401 g/mol. The first kappa shape index (κ1) is 21.6. The summed E-state index contributed by atoms with van der Waals surface area (Å²) in [6.45, 7) is 4.04. The van der Waals surface area contributed by atoms with E-state index in [1.165, 1.54) is 6.07 Å². The third-order valence-corrected chi connectivity index (χ3v) is 5.70. The number of rotatable bonds is 4. The lowest BCUT2D eigenvalue weighted by Gasteiger charge is -2.39. The van der Waals surface area contributed by atoms with Gasteiger partial charge in [0.2, 0.25) is 11.8 Å². The van der Waals surface area contributed by atoms with Crippen LogP contribution in [0.2, 0.25) is 0 Å². The maximum atomic E-state index is 13.4. The SMILES string of the molecule is CN[C@@H](C)C(=O)N1CCC2(CC1)CC(=O)N(Cc1ccc(F)c(F)c1)C2.Cl. The van der Waals surface area contributed by atoms with Crippen LogP contribution < -0.4 is 5.32 Å². The maximum Gasteiger partial charge on any atom is 0.239 e. The second kappa shape index (κ2) is 8.52. The molecule has 2 aliphatic heterocycles. The highest BCUT2D eigenvalue weighted by molar-refractivity contribution is 5.85. The van der Waals surface area contributed by atoms with Crippen molar-refractivity contribution in [3.05, 3.63) is 35.4 Å². The van der Waals surface area contributed by atoms with Crippen LogP contribution >= 0.6 is 12.4 Å². The van der Waals surface area contributed by atoms with E-state index in [9.17, 15) is 18.4 Å². The average Bonchev–Trinajstić information content (AvgIpc) is 2.92. The van der Waals surface area contributed by atoms with Gasteiger partial charge >= 0.3 is 0 Å². The fourth-order valence-electron chi connectivity index (χ4n) is 3.92. The third kappa shape index (κ3) is 4.58. The molecule has 5 nitrogen and oxygen atoms in total. The van der Waals surface area contributed by atoms with Gasteiger partial charge < -0.3 is 15.1 Å². The average molecular weight is 402 g/mol. The van der Waals surface area contributed by atoms with Crippen molar-refractivity contribution in [1.82, 2.24) is 15.1 Å². The van der Waals surface area contributed by atoms with E-state index in [0.29, 0.717) is 31.6 Å². The molecule has 0 radical (unpaired) electrons. The number of carbonyl (C=O) groups excluding carboxylic acids is 2. The van der Waals surface area contributed by atoms with Crippen LogP contribution in [0, 0.1) is 17.0 Å². The van der Waals surface area contributed by atoms with Crippen LogP contribution in [0.25, 0.3) is 0 Å². The van der Waals surface area contributed by atoms with Gasteiger partial charge in [-0.1, -0.05) is 6.07 Å². The molecule has 0 saturated carbocycles. The van der Waals surface area contributed by atoms with Crippen LogP contribution in [0.15, 0.2) is 18.2 Å². The second-order valence-electron chi connectivity index (χ2n) is 7.51. The van der Waals surface area contributed by atoms with Crippen molar-refractivity contribution in [2.75, 3.05) is 26.7 Å². The molecule has 3 rings (SSSR count). The first-order chi connectivity index (χ1) is 12.3. The smallest absolute Gasteiger partial charge is 0.239 e. The number of nitrogens with zero attached hydrogens (tertiary/aromatic N) is 2. The molecule has 1 N–H and O–H groups in total. The number of hydrogen-bond acceptors (Lipinski definition) is 3. The second-order valence-corrected chi connectivity index (χ2v) is 7.51. The lowest BCUT2D eigenvalue weighted by Crippen LogP contribution is -2.49. The first-order valence-corrected chi connectivity index (χ1v) is 9.01. The van der Waals surface area contributed by atoms with Gasteiger partial charge in [-0.15, -0.1) is 12.4 Å². The molecule has 2 aliphatic rings. The Morgan fingerprint density at radius 1 is 1.26 bits per heavy atom. The van der Waals surface area contributed by atoms with Crippen LogP contribution in [-0.4, -0.2) is 54.3 Å². The zero-order valence-corrected chi connectivity index (χ0v) is 16.5. The van der Waals surface area contributed by atoms with Gasteiger partial charge in [-0.05, 0) is 44.5 Å². The molecule has 1 atom stereocenters. The van der Waals surface area contributed by atoms with Crippen LogP contribution in [0.4, 0.5) is 8.78 Å². The van der Waals surface area contributed by atoms with E-state index in [-0.39, 0.29) is 42.2 Å². The molecule has 150 valence electrons. The molecule has 8 heteroatoms. The molecule has 1 aromatic carbocycles. The quantitative estimate of drug-likeness (QED) is 0.842. The topological polar surface area (TPSA) is 52.7 Å². The fraction of sp³-hybridized carbons (Fsp3) is 0.579. The standard InChI is InChI=1S/C19H25F2N3O2.ClH/c1-13(22-2)18(26)23-7-5-19(6-8-23)10-17(25)24(12-19)11-14-3-4-15(20)16(21)9-14;/h3-4,9,13,22H,5-8,10-12H2,1-2H3;1H/t13-;/m0./s1. The van der Waals surface area contributed by atoms with Crippen molar-refractivity contribution in [1.29, 1.82) is 0 Å². The summed E-state index contributed by atoms with van der Waals surface area (Å²) in [5, 5.41) is 2.96. The lowest BCUT2D eigenvalue weighted by molar-refractivity contribution is -0.135. The summed E-state index contributed by atoms with van der Waals surface area (Å²) < 4.78 is 26.5. The Bertz CT molecular complexity index is 708. The minimum Gasteiger partial charge on any atom is -0.341 e. The molecule has 2 fully saturated rings. The third-order valence-electron chi connectivity index (χ3n) is 5.70. The summed E-state index contributed by atoms with van der Waals surface area (Å²) in [5.41, 5.74) is 0.472. The maximum absolute atomic E-state index is 13.4. The predicted octanol–water partition coefficient (Wildman–Crippen LogP) is 2.34. The normalized spacial score (nSPS) is 19.9. The number of carbonyl (C=O) groups is 2. The first-order valence-electron chi connectivity index (χ1n) is 9.01. The molecule has 0 unspecified atom stereocenters. The van der Waals surface area contributed by atoms with Crippen LogP contribution in [-0.2, 0) is 16.1 Å². The van der Waals surface area contributed by atoms with E-state index < -0.39 is 11.6 Å². The minimum atomic E-state index is -0.894. The highest BCUT2D eigenvalue weighted by atomic mass is 35.5. The Labute approximate surface area is 164 Å². The number of halogens is 3. The van der Waals surface area contributed by atoms with Gasteiger partial charge in [-0.3, -0.25) is 9.59 Å².